The normalized spacial score (nSPS) is 22.7. The number of carboxylic acids is 2. The molecular formula is C19H19N9O7S3. The van der Waals surface area contributed by atoms with Crippen LogP contribution in [0.1, 0.15) is 5.69 Å². The van der Waals surface area contributed by atoms with Crippen molar-refractivity contribution in [2.75, 3.05) is 30.4 Å². The first kappa shape index (κ1) is 27.2. The summed E-state index contributed by atoms with van der Waals surface area (Å²) in [6.07, 6.45) is 5.15. The Morgan fingerprint density at radius 3 is 2.87 bits per heavy atom. The van der Waals surface area contributed by atoms with E-state index in [1.807, 2.05) is 0 Å². The van der Waals surface area contributed by atoms with Crippen LogP contribution in [0, 0.1) is 17.8 Å². The summed E-state index contributed by atoms with van der Waals surface area (Å²) in [6.45, 7) is -0.790. The van der Waals surface area contributed by atoms with E-state index in [1.54, 1.807) is 0 Å². The van der Waals surface area contributed by atoms with Gasteiger partial charge in [0.25, 0.3) is 5.91 Å². The number of thiazole rings is 1. The Labute approximate surface area is 226 Å². The van der Waals surface area contributed by atoms with Gasteiger partial charge < -0.3 is 31.0 Å². The summed E-state index contributed by atoms with van der Waals surface area (Å²) < 4.78 is 1.05. The van der Waals surface area contributed by atoms with Gasteiger partial charge in [-0.2, -0.15) is 0 Å². The third-order valence-electron chi connectivity index (χ3n) is 5.43. The number of nitrogens with one attached hydrogen (secondary N) is 1. The molecular weight excluding hydrogens is 562 g/mol. The van der Waals surface area contributed by atoms with Gasteiger partial charge in [-0.3, -0.25) is 19.2 Å². The molecule has 2 saturated heterocycles. The number of aromatic nitrogens is 5. The Bertz CT molecular complexity index is 1340. The van der Waals surface area contributed by atoms with Crippen LogP contribution in [0.3, 0.4) is 0 Å². The highest BCUT2D eigenvalue weighted by Crippen LogP contribution is 2.44. The smallest absolute Gasteiger partial charge is 0.325 e. The van der Waals surface area contributed by atoms with Crippen molar-refractivity contribution in [3.05, 3.63) is 11.1 Å². The zero-order chi connectivity index (χ0) is 27.4. The maximum Gasteiger partial charge on any atom is 0.325 e. The van der Waals surface area contributed by atoms with Crippen LogP contribution in [0.2, 0.25) is 0 Å². The molecule has 3 atom stereocenters. The highest BCUT2D eigenvalue weighted by atomic mass is 32.2. The fourth-order valence-corrected chi connectivity index (χ4v) is 6.87. The molecule has 0 aromatic carbocycles. The molecule has 2 amide bonds. The van der Waals surface area contributed by atoms with E-state index in [1.165, 1.54) is 22.0 Å². The number of hydrogen-bond acceptors (Lipinski definition) is 14. The number of β-lactam (4-membered cyclic amide) rings is 1. The van der Waals surface area contributed by atoms with Crippen LogP contribution in [-0.4, -0.2) is 106 Å². The topological polar surface area (TPSA) is 228 Å². The summed E-state index contributed by atoms with van der Waals surface area (Å²) in [4.78, 5) is 59.5. The number of hydrogen-bond donors (Lipinski definition) is 4. The maximum absolute atomic E-state index is 13.0. The molecule has 2 unspecified atom stereocenters. The fourth-order valence-electron chi connectivity index (χ4n) is 3.58. The molecule has 0 saturated carbocycles. The monoisotopic (exact) mass is 581 g/mol. The molecule has 4 rings (SSSR count). The largest absolute Gasteiger partial charge is 0.481 e. The molecule has 19 heteroatoms. The minimum atomic E-state index is -1.36. The number of thioether (sulfide) groups is 2. The average Bonchev–Trinajstić information content (AvgIpc) is 3.51. The second-order valence-electron chi connectivity index (χ2n) is 7.99. The quantitative estimate of drug-likeness (QED) is 0.0586. The lowest BCUT2D eigenvalue weighted by molar-refractivity contribution is -0.157. The van der Waals surface area contributed by atoms with Crippen molar-refractivity contribution in [3.63, 3.8) is 0 Å². The molecule has 5 N–H and O–H groups in total. The van der Waals surface area contributed by atoms with E-state index in [9.17, 15) is 24.3 Å². The predicted molar refractivity (Wildman–Crippen MR) is 134 cm³/mol. The molecule has 0 aliphatic carbocycles. The predicted octanol–water partition coefficient (Wildman–Crippen LogP) is -1.59. The van der Waals surface area contributed by atoms with Crippen LogP contribution >= 0.6 is 34.9 Å². The van der Waals surface area contributed by atoms with Crippen molar-refractivity contribution >= 4 is 69.5 Å². The molecule has 2 aliphatic rings. The van der Waals surface area contributed by atoms with E-state index in [4.69, 9.17) is 22.1 Å². The van der Waals surface area contributed by atoms with Gasteiger partial charge in [-0.05, 0) is 10.4 Å². The molecule has 0 radical (unpaired) electrons. The number of nitrogens with two attached hydrogens (primary N) is 1. The molecule has 0 spiro atoms. The minimum absolute atomic E-state index is 0.0164. The number of carbonyl (C=O) groups is 4. The number of oxime groups is 1. The number of nitrogen functional groups attached to an aromatic ring is 1. The van der Waals surface area contributed by atoms with Crippen molar-refractivity contribution in [1.82, 2.24) is 35.4 Å². The van der Waals surface area contributed by atoms with E-state index < -0.39 is 47.1 Å². The highest BCUT2D eigenvalue weighted by Gasteiger charge is 2.57. The first-order chi connectivity index (χ1) is 18.1. The van der Waals surface area contributed by atoms with Crippen LogP contribution in [0.4, 0.5) is 5.13 Å². The molecule has 4 heterocycles. The summed E-state index contributed by atoms with van der Waals surface area (Å²) in [6, 6.07) is -0.927. The molecule has 2 aromatic heterocycles. The molecule has 200 valence electrons. The van der Waals surface area contributed by atoms with Crippen molar-refractivity contribution in [2.45, 2.75) is 23.1 Å². The summed E-state index contributed by atoms with van der Waals surface area (Å²) in [5.41, 5.74) is 4.23. The Morgan fingerprint density at radius 2 is 2.21 bits per heavy atom. The third kappa shape index (κ3) is 5.51. The first-order valence-electron chi connectivity index (χ1n) is 10.6. The van der Waals surface area contributed by atoms with Crippen LogP contribution in [0.25, 0.3) is 0 Å². The standard InChI is InChI=1S/C19H19N9O7S3/c1-2-3-35-24-11(9-5-36-17(20)21-9)13(31)22-12-14(32)27-6-19(16(33)34,7-37-15(12)27)8-38-18-23-25-26-28(18)4-10(29)30/h1,5,12,15H,3-4,6-8H2,(H2,20,21)(H,22,31)(H,29,30)(H,33,34)/t12?,15-,19?/m1/s1. The second-order valence-corrected chi connectivity index (χ2v) is 10.9. The van der Waals surface area contributed by atoms with Crippen LogP contribution < -0.4 is 11.1 Å². The lowest BCUT2D eigenvalue weighted by atomic mass is 9.89. The van der Waals surface area contributed by atoms with Gasteiger partial charge in [-0.15, -0.1) is 34.6 Å². The molecule has 2 fully saturated rings. The third-order valence-corrected chi connectivity index (χ3v) is 8.94. The van der Waals surface area contributed by atoms with Crippen molar-refractivity contribution in [3.8, 4) is 12.3 Å². The maximum atomic E-state index is 13.0. The number of carboxylic acid groups (broad SMARTS) is 2. The zero-order valence-electron chi connectivity index (χ0n) is 19.2. The first-order valence-corrected chi connectivity index (χ1v) is 13.5. The summed E-state index contributed by atoms with van der Waals surface area (Å²) in [5.74, 6) is -1.17. The molecule has 2 aliphatic heterocycles. The van der Waals surface area contributed by atoms with Gasteiger partial charge in [0.05, 0.1) is 0 Å². The van der Waals surface area contributed by atoms with Crippen molar-refractivity contribution < 1.29 is 34.2 Å². The summed E-state index contributed by atoms with van der Waals surface area (Å²) in [7, 11) is 0. The molecule has 2 aromatic rings. The Kier molecular flexibility index (Phi) is 8.03. The zero-order valence-corrected chi connectivity index (χ0v) is 21.7. The number of amides is 2. The van der Waals surface area contributed by atoms with Crippen LogP contribution in [0.15, 0.2) is 15.7 Å². The van der Waals surface area contributed by atoms with E-state index in [0.717, 1.165) is 27.8 Å². The highest BCUT2D eigenvalue weighted by molar-refractivity contribution is 8.00. The lowest BCUT2D eigenvalue weighted by Crippen LogP contribution is -2.74. The number of anilines is 1. The van der Waals surface area contributed by atoms with Gasteiger partial charge in [-0.1, -0.05) is 22.8 Å². The van der Waals surface area contributed by atoms with Crippen molar-refractivity contribution in [2.24, 2.45) is 10.6 Å². The molecule has 38 heavy (non-hydrogen) atoms. The Morgan fingerprint density at radius 1 is 1.42 bits per heavy atom. The number of terminal acetylenes is 1. The minimum Gasteiger partial charge on any atom is -0.481 e. The number of tetrazole rings is 1. The lowest BCUT2D eigenvalue weighted by Gasteiger charge is -2.53. The summed E-state index contributed by atoms with van der Waals surface area (Å²) in [5, 5.41) is 37.5. The van der Waals surface area contributed by atoms with Gasteiger partial charge in [0, 0.05) is 23.4 Å². The van der Waals surface area contributed by atoms with Gasteiger partial charge in [-0.25, -0.2) is 9.67 Å². The fraction of sp³-hybridized carbons (Fsp3) is 0.421. The number of aliphatic carboxylic acids is 2. The van der Waals surface area contributed by atoms with Gasteiger partial charge in [0.2, 0.25) is 11.1 Å². The number of fused-ring (bicyclic) bond motifs is 1. The van der Waals surface area contributed by atoms with Crippen molar-refractivity contribution in [1.29, 1.82) is 0 Å². The second kappa shape index (κ2) is 11.2. The van der Waals surface area contributed by atoms with Crippen LogP contribution in [0.5, 0.6) is 0 Å². The number of nitrogens with zero attached hydrogens (tertiary/aromatic N) is 7. The van der Waals surface area contributed by atoms with Gasteiger partial charge in [0.1, 0.15) is 29.1 Å². The van der Waals surface area contributed by atoms with E-state index in [0.29, 0.717) is 0 Å². The number of rotatable bonds is 11. The summed E-state index contributed by atoms with van der Waals surface area (Å²) >= 11 is 3.27. The van der Waals surface area contributed by atoms with Gasteiger partial charge >= 0.3 is 11.9 Å². The van der Waals surface area contributed by atoms with E-state index in [-0.39, 0.29) is 46.4 Å². The van der Waals surface area contributed by atoms with Crippen LogP contribution in [-0.2, 0) is 30.6 Å². The van der Waals surface area contributed by atoms with E-state index in [2.05, 4.69) is 36.9 Å². The molecule has 16 nitrogen and oxygen atoms in total. The van der Waals surface area contributed by atoms with Gasteiger partial charge in [0.15, 0.2) is 17.5 Å². The molecule has 0 bridgehead atoms. The Balaban J connectivity index is 1.43. The Hall–Kier alpha value is -3.89. The SMILES string of the molecule is C#CCON=C(C(=O)NC1C(=O)N2CC(CSc3nnnn3CC(=O)O)(C(=O)O)CS[C@H]12)c1csc(N)n1. The number of carbonyl (C=O) groups excluding carboxylic acids is 2. The van der Waals surface area contributed by atoms with E-state index >= 15 is 0 Å². The average molecular weight is 582 g/mol.